The van der Waals surface area contributed by atoms with E-state index in [2.05, 4.69) is 10.6 Å². The Kier molecular flexibility index (Phi) is 6.43. The van der Waals surface area contributed by atoms with Gasteiger partial charge in [0.15, 0.2) is 0 Å². The first-order valence-electron chi connectivity index (χ1n) is 10.8. The Morgan fingerprint density at radius 2 is 2.03 bits per heavy atom. The summed E-state index contributed by atoms with van der Waals surface area (Å²) in [6.45, 7) is -0.193. The summed E-state index contributed by atoms with van der Waals surface area (Å²) in [6, 6.07) is 5.63. The number of benzene rings is 1. The summed E-state index contributed by atoms with van der Waals surface area (Å²) in [6.07, 6.45) is 5.14. The van der Waals surface area contributed by atoms with Crippen molar-refractivity contribution in [3.8, 4) is 5.75 Å². The molecule has 0 bridgehead atoms. The molecule has 8 heteroatoms. The smallest absolute Gasteiger partial charge is 0.319 e. The first kappa shape index (κ1) is 20.9. The first-order valence-corrected chi connectivity index (χ1v) is 10.8. The van der Waals surface area contributed by atoms with Crippen molar-refractivity contribution >= 4 is 17.7 Å². The second-order valence-corrected chi connectivity index (χ2v) is 8.37. The van der Waals surface area contributed by atoms with Gasteiger partial charge in [-0.2, -0.15) is 0 Å². The number of fused-ring (bicyclic) bond motifs is 3. The predicted octanol–water partition coefficient (Wildman–Crippen LogP) is 2.70. The highest BCUT2D eigenvalue weighted by Crippen LogP contribution is 2.47. The number of esters is 1. The van der Waals surface area contributed by atoms with Crippen molar-refractivity contribution in [2.75, 3.05) is 19.0 Å². The van der Waals surface area contributed by atoms with Gasteiger partial charge in [0.2, 0.25) is 0 Å². The van der Waals surface area contributed by atoms with Crippen LogP contribution in [0.15, 0.2) is 18.2 Å². The van der Waals surface area contributed by atoms with E-state index < -0.39 is 6.10 Å². The lowest BCUT2D eigenvalue weighted by Crippen LogP contribution is -2.46. The fraction of sp³-hybridized carbons (Fsp3) is 0.636. The van der Waals surface area contributed by atoms with Gasteiger partial charge >= 0.3 is 12.0 Å². The van der Waals surface area contributed by atoms with Gasteiger partial charge in [0.05, 0.1) is 26.2 Å². The molecule has 30 heavy (non-hydrogen) atoms. The van der Waals surface area contributed by atoms with Gasteiger partial charge in [0.1, 0.15) is 18.0 Å². The second-order valence-electron chi connectivity index (χ2n) is 8.37. The van der Waals surface area contributed by atoms with E-state index in [1.807, 2.05) is 18.2 Å². The highest BCUT2D eigenvalue weighted by molar-refractivity contribution is 5.89. The molecule has 3 N–H and O–H groups in total. The van der Waals surface area contributed by atoms with Crippen LogP contribution in [-0.2, 0) is 14.3 Å². The van der Waals surface area contributed by atoms with Crippen molar-refractivity contribution in [3.05, 3.63) is 23.8 Å². The van der Waals surface area contributed by atoms with E-state index in [0.29, 0.717) is 12.1 Å². The van der Waals surface area contributed by atoms with Crippen LogP contribution in [0, 0.1) is 0 Å². The van der Waals surface area contributed by atoms with Crippen LogP contribution >= 0.6 is 0 Å². The Balaban J connectivity index is 1.45. The van der Waals surface area contributed by atoms with Gasteiger partial charge in [-0.3, -0.25) is 4.79 Å². The minimum absolute atomic E-state index is 0.0243. The summed E-state index contributed by atoms with van der Waals surface area (Å²) in [5, 5.41) is 15.8. The molecule has 0 aromatic heterocycles. The van der Waals surface area contributed by atoms with Crippen LogP contribution in [0.1, 0.15) is 56.4 Å². The lowest BCUT2D eigenvalue weighted by molar-refractivity contribution is -0.156. The lowest BCUT2D eigenvalue weighted by atomic mass is 9.84. The van der Waals surface area contributed by atoms with Gasteiger partial charge in [-0.05, 0) is 37.5 Å². The molecule has 2 fully saturated rings. The lowest BCUT2D eigenvalue weighted by Gasteiger charge is -2.36. The highest BCUT2D eigenvalue weighted by atomic mass is 16.6. The molecule has 3 aliphatic rings. The van der Waals surface area contributed by atoms with Crippen molar-refractivity contribution in [2.45, 2.75) is 75.2 Å². The molecule has 0 radical (unpaired) electrons. The SMILES string of the molecule is COC(=O)C[C@@H]1C[C@@H]2c3cc(NC(=O)NC4CCCCC4)ccc3O[C@@H]2[C@@H](CO)O1. The summed E-state index contributed by atoms with van der Waals surface area (Å²) in [7, 11) is 1.35. The summed E-state index contributed by atoms with van der Waals surface area (Å²) in [4.78, 5) is 24.1. The van der Waals surface area contributed by atoms with E-state index >= 15 is 0 Å². The summed E-state index contributed by atoms with van der Waals surface area (Å²) in [5.74, 6) is 0.358. The molecule has 0 spiro atoms. The molecule has 1 aromatic carbocycles. The predicted molar refractivity (Wildman–Crippen MR) is 110 cm³/mol. The van der Waals surface area contributed by atoms with E-state index in [4.69, 9.17) is 14.2 Å². The maximum atomic E-state index is 12.4. The van der Waals surface area contributed by atoms with Gasteiger partial charge in [-0.1, -0.05) is 19.3 Å². The fourth-order valence-electron chi connectivity index (χ4n) is 4.84. The van der Waals surface area contributed by atoms with Gasteiger partial charge < -0.3 is 30.0 Å². The Hall–Kier alpha value is -2.32. The van der Waals surface area contributed by atoms with Crippen molar-refractivity contribution in [2.24, 2.45) is 0 Å². The number of carbonyl (C=O) groups excluding carboxylic acids is 2. The molecule has 4 rings (SSSR count). The molecule has 1 aromatic rings. The van der Waals surface area contributed by atoms with Crippen molar-refractivity contribution in [1.29, 1.82) is 0 Å². The number of hydrogen-bond acceptors (Lipinski definition) is 6. The van der Waals surface area contributed by atoms with Gasteiger partial charge in [0.25, 0.3) is 0 Å². The third-order valence-electron chi connectivity index (χ3n) is 6.32. The first-order chi connectivity index (χ1) is 14.6. The minimum Gasteiger partial charge on any atom is -0.487 e. The van der Waals surface area contributed by atoms with Gasteiger partial charge in [-0.15, -0.1) is 0 Å². The third-order valence-corrected chi connectivity index (χ3v) is 6.32. The molecule has 0 unspecified atom stereocenters. The number of hydrogen-bond donors (Lipinski definition) is 3. The number of methoxy groups -OCH3 is 1. The standard InChI is InChI=1S/C22H30N2O6/c1-28-20(26)11-15-10-17-16-9-14(24-22(27)23-13-5-3-2-4-6-13)7-8-18(16)30-21(17)19(12-25)29-15/h7-9,13,15,17,19,21,25H,2-6,10-12H2,1H3,(H2,23,24,27)/t15-,17+,19+,21-/m0/s1. The molecule has 1 saturated carbocycles. The number of ether oxygens (including phenoxy) is 3. The van der Waals surface area contributed by atoms with Crippen LogP contribution in [-0.4, -0.2) is 55.2 Å². The molecule has 2 heterocycles. The second kappa shape index (κ2) is 9.22. The number of aliphatic hydroxyl groups is 1. The average molecular weight is 418 g/mol. The van der Waals surface area contributed by atoms with E-state index in [1.54, 1.807) is 0 Å². The summed E-state index contributed by atoms with van der Waals surface area (Å²) < 4.78 is 16.7. The largest absolute Gasteiger partial charge is 0.487 e. The topological polar surface area (TPSA) is 106 Å². The van der Waals surface area contributed by atoms with Gasteiger partial charge in [-0.25, -0.2) is 4.79 Å². The van der Waals surface area contributed by atoms with Crippen LogP contribution in [0.25, 0.3) is 0 Å². The van der Waals surface area contributed by atoms with Crippen LogP contribution < -0.4 is 15.4 Å². The molecular weight excluding hydrogens is 388 g/mol. The molecule has 1 saturated heterocycles. The van der Waals surface area contributed by atoms with E-state index in [1.165, 1.54) is 13.5 Å². The number of amides is 2. The molecule has 4 atom stereocenters. The van der Waals surface area contributed by atoms with Crippen LogP contribution in [0.5, 0.6) is 5.75 Å². The molecule has 164 valence electrons. The molecule has 8 nitrogen and oxygen atoms in total. The minimum atomic E-state index is -0.517. The number of aliphatic hydroxyl groups excluding tert-OH is 1. The number of nitrogens with one attached hydrogen (secondary N) is 2. The normalized spacial score (nSPS) is 28.1. The Bertz CT molecular complexity index is 779. The Labute approximate surface area is 176 Å². The Morgan fingerprint density at radius 3 is 2.77 bits per heavy atom. The zero-order valence-corrected chi connectivity index (χ0v) is 17.3. The van der Waals surface area contributed by atoms with E-state index in [9.17, 15) is 14.7 Å². The van der Waals surface area contributed by atoms with Crippen molar-refractivity contribution in [1.82, 2.24) is 5.32 Å². The monoisotopic (exact) mass is 418 g/mol. The van der Waals surface area contributed by atoms with Gasteiger partial charge in [0, 0.05) is 23.2 Å². The number of rotatable bonds is 5. The molecule has 2 aliphatic heterocycles. The zero-order valence-electron chi connectivity index (χ0n) is 17.3. The molecule has 1 aliphatic carbocycles. The molecular formula is C22H30N2O6. The maximum Gasteiger partial charge on any atom is 0.319 e. The van der Waals surface area contributed by atoms with Crippen LogP contribution in [0.3, 0.4) is 0 Å². The Morgan fingerprint density at radius 1 is 1.23 bits per heavy atom. The average Bonchev–Trinajstić information content (AvgIpc) is 3.11. The maximum absolute atomic E-state index is 12.4. The highest BCUT2D eigenvalue weighted by Gasteiger charge is 2.46. The van der Waals surface area contributed by atoms with Crippen molar-refractivity contribution < 1.29 is 28.9 Å². The third kappa shape index (κ3) is 4.54. The number of carbonyl (C=O) groups is 2. The quantitative estimate of drug-likeness (QED) is 0.635. The van der Waals surface area contributed by atoms with Crippen LogP contribution in [0.2, 0.25) is 0 Å². The summed E-state index contributed by atoms with van der Waals surface area (Å²) in [5.41, 5.74) is 1.66. The van der Waals surface area contributed by atoms with Crippen LogP contribution in [0.4, 0.5) is 10.5 Å². The van der Waals surface area contributed by atoms with E-state index in [0.717, 1.165) is 37.0 Å². The number of urea groups is 1. The zero-order chi connectivity index (χ0) is 21.1. The fourth-order valence-corrected chi connectivity index (χ4v) is 4.84. The van der Waals surface area contributed by atoms with E-state index in [-0.39, 0.29) is 49.2 Å². The van der Waals surface area contributed by atoms with Crippen molar-refractivity contribution in [3.63, 3.8) is 0 Å². The molecule has 2 amide bonds. The number of anilines is 1. The summed E-state index contributed by atoms with van der Waals surface area (Å²) >= 11 is 0.